The zero-order valence-electron chi connectivity index (χ0n) is 18.8. The Balaban J connectivity index is 0.00000512. The van der Waals surface area contributed by atoms with E-state index in [0.29, 0.717) is 18.4 Å². The van der Waals surface area contributed by atoms with Gasteiger partial charge in [-0.1, -0.05) is 74.4 Å². The smallest absolute Gasteiger partial charge is 0.287 e. The molecule has 0 aliphatic rings. The van der Waals surface area contributed by atoms with E-state index < -0.39 is 23.6 Å². The van der Waals surface area contributed by atoms with Crippen LogP contribution in [0.2, 0.25) is 0 Å². The van der Waals surface area contributed by atoms with Gasteiger partial charge in [-0.25, -0.2) is 0 Å². The summed E-state index contributed by atoms with van der Waals surface area (Å²) in [7, 11) is 4.05. The van der Waals surface area contributed by atoms with Crippen molar-refractivity contribution in [2.24, 2.45) is 5.73 Å². The Kier molecular flexibility index (Phi) is 11.4. The topological polar surface area (TPSA) is 92.5 Å². The van der Waals surface area contributed by atoms with Crippen molar-refractivity contribution in [2.45, 2.75) is 38.8 Å². The summed E-state index contributed by atoms with van der Waals surface area (Å²) in [5.41, 5.74) is 8.54. The second kappa shape index (κ2) is 13.5. The van der Waals surface area contributed by atoms with Gasteiger partial charge < -0.3 is 16.0 Å². The summed E-state index contributed by atoms with van der Waals surface area (Å²) in [4.78, 5) is 38.4. The minimum atomic E-state index is -1.03. The number of primary amides is 1. The zero-order chi connectivity index (χ0) is 22.8. The number of Topliss-reactive ketones (excluding diaryl/α,β-unsaturated/α-hetero) is 1. The largest absolute Gasteiger partial charge is 0.363 e. The standard InChI is InChI=1S/C25H31N3O3.ClH/c1-4-5-10-22(23(29)24(26)30)27-25(31)21-9-7-6-8-20(21)16-15-18-11-13-19(14-12-18)17-28(2)3;/h6-9,11-16,22H,4-5,10,17H2,1-3H3,(H2,26,30)(H,27,31);1H/b16-15+;. The van der Waals surface area contributed by atoms with Crippen molar-refractivity contribution in [3.63, 3.8) is 0 Å². The second-order valence-corrected chi connectivity index (χ2v) is 7.80. The molecule has 0 radical (unpaired) electrons. The number of carbonyl (C=O) groups is 3. The predicted octanol–water partition coefficient (Wildman–Crippen LogP) is 3.68. The van der Waals surface area contributed by atoms with Crippen molar-refractivity contribution in [2.75, 3.05) is 14.1 Å². The molecule has 2 amide bonds. The molecular weight excluding hydrogens is 426 g/mol. The number of hydrogen-bond acceptors (Lipinski definition) is 4. The molecule has 1 atom stereocenters. The van der Waals surface area contributed by atoms with Crippen LogP contribution in [0.4, 0.5) is 0 Å². The maximum atomic E-state index is 12.9. The van der Waals surface area contributed by atoms with Crippen molar-refractivity contribution >= 4 is 42.2 Å². The predicted molar refractivity (Wildman–Crippen MR) is 131 cm³/mol. The fourth-order valence-electron chi connectivity index (χ4n) is 3.22. The highest BCUT2D eigenvalue weighted by Crippen LogP contribution is 2.15. The van der Waals surface area contributed by atoms with Crippen molar-refractivity contribution < 1.29 is 14.4 Å². The lowest BCUT2D eigenvalue weighted by molar-refractivity contribution is -0.137. The van der Waals surface area contributed by atoms with Crippen LogP contribution in [0.5, 0.6) is 0 Å². The summed E-state index contributed by atoms with van der Waals surface area (Å²) < 4.78 is 0. The average Bonchev–Trinajstić information content (AvgIpc) is 2.75. The van der Waals surface area contributed by atoms with Crippen LogP contribution in [-0.4, -0.2) is 42.6 Å². The van der Waals surface area contributed by atoms with Crippen LogP contribution in [0, 0.1) is 0 Å². The fraction of sp³-hybridized carbons (Fsp3) is 0.320. The van der Waals surface area contributed by atoms with Gasteiger partial charge in [0.1, 0.15) is 0 Å². The van der Waals surface area contributed by atoms with Crippen LogP contribution in [0.25, 0.3) is 12.2 Å². The summed E-state index contributed by atoms with van der Waals surface area (Å²) in [5, 5.41) is 2.69. The zero-order valence-corrected chi connectivity index (χ0v) is 19.7. The molecule has 0 spiro atoms. The second-order valence-electron chi connectivity index (χ2n) is 7.80. The van der Waals surface area contributed by atoms with Gasteiger partial charge in [-0.3, -0.25) is 14.4 Å². The molecule has 0 saturated heterocycles. The van der Waals surface area contributed by atoms with Gasteiger partial charge in [0.05, 0.1) is 6.04 Å². The molecule has 3 N–H and O–H groups in total. The molecule has 0 aliphatic heterocycles. The number of nitrogens with one attached hydrogen (secondary N) is 1. The Bertz CT molecular complexity index is 940. The van der Waals surface area contributed by atoms with Gasteiger partial charge >= 0.3 is 0 Å². The van der Waals surface area contributed by atoms with Crippen molar-refractivity contribution in [1.29, 1.82) is 0 Å². The molecule has 0 heterocycles. The van der Waals surface area contributed by atoms with Gasteiger partial charge in [-0.05, 0) is 43.3 Å². The Morgan fingerprint density at radius 3 is 2.28 bits per heavy atom. The molecule has 0 aliphatic carbocycles. The maximum absolute atomic E-state index is 12.9. The lowest BCUT2D eigenvalue weighted by atomic mass is 10.0. The molecule has 1 unspecified atom stereocenters. The van der Waals surface area contributed by atoms with Crippen molar-refractivity contribution in [3.05, 3.63) is 70.8 Å². The SMILES string of the molecule is CCCCC(NC(=O)c1ccccc1/C=C/c1ccc(CN(C)C)cc1)C(=O)C(N)=O.Cl. The highest BCUT2D eigenvalue weighted by Gasteiger charge is 2.25. The van der Waals surface area contributed by atoms with Gasteiger partial charge in [-0.15, -0.1) is 12.4 Å². The molecule has 2 rings (SSSR count). The molecule has 0 saturated carbocycles. The number of benzene rings is 2. The molecule has 6 nitrogen and oxygen atoms in total. The molecule has 7 heteroatoms. The first-order valence-electron chi connectivity index (χ1n) is 10.5. The number of rotatable bonds is 11. The van der Waals surface area contributed by atoms with Crippen LogP contribution in [0.15, 0.2) is 48.5 Å². The number of carbonyl (C=O) groups excluding carboxylic acids is 3. The van der Waals surface area contributed by atoms with E-state index in [1.807, 2.05) is 57.4 Å². The van der Waals surface area contributed by atoms with Gasteiger partial charge in [-0.2, -0.15) is 0 Å². The molecule has 0 fully saturated rings. The van der Waals surface area contributed by atoms with Crippen LogP contribution in [-0.2, 0) is 16.1 Å². The Morgan fingerprint density at radius 2 is 1.69 bits per heavy atom. The van der Waals surface area contributed by atoms with E-state index in [1.165, 1.54) is 5.56 Å². The molecule has 32 heavy (non-hydrogen) atoms. The maximum Gasteiger partial charge on any atom is 0.287 e. The van der Waals surface area contributed by atoms with Crippen LogP contribution in [0.3, 0.4) is 0 Å². The molecule has 2 aromatic carbocycles. The van der Waals surface area contributed by atoms with Gasteiger partial charge in [0.2, 0.25) is 5.78 Å². The molecule has 2 aromatic rings. The van der Waals surface area contributed by atoms with Crippen molar-refractivity contribution in [3.8, 4) is 0 Å². The molecular formula is C25H32ClN3O3. The van der Waals surface area contributed by atoms with E-state index in [-0.39, 0.29) is 12.4 Å². The fourth-order valence-corrected chi connectivity index (χ4v) is 3.22. The first-order valence-corrected chi connectivity index (χ1v) is 10.5. The monoisotopic (exact) mass is 457 g/mol. The van der Waals surface area contributed by atoms with E-state index in [0.717, 1.165) is 24.1 Å². The third kappa shape index (κ3) is 8.29. The number of ketones is 1. The Hall–Kier alpha value is -2.96. The highest BCUT2D eigenvalue weighted by atomic mass is 35.5. The summed E-state index contributed by atoms with van der Waals surface area (Å²) in [6, 6.07) is 14.4. The van der Waals surface area contributed by atoms with Crippen LogP contribution >= 0.6 is 12.4 Å². The van der Waals surface area contributed by atoms with Gasteiger partial charge in [0.15, 0.2) is 0 Å². The summed E-state index contributed by atoms with van der Waals surface area (Å²) in [6.45, 7) is 2.84. The number of halogens is 1. The number of nitrogens with two attached hydrogens (primary N) is 1. The minimum Gasteiger partial charge on any atom is -0.363 e. The van der Waals surface area contributed by atoms with Crippen molar-refractivity contribution in [1.82, 2.24) is 10.2 Å². The normalized spacial score (nSPS) is 11.8. The number of amides is 2. The molecule has 0 aromatic heterocycles. The summed E-state index contributed by atoms with van der Waals surface area (Å²) in [6.07, 6.45) is 5.73. The third-order valence-electron chi connectivity index (χ3n) is 4.85. The lowest BCUT2D eigenvalue weighted by Gasteiger charge is -2.16. The van der Waals surface area contributed by atoms with Gasteiger partial charge in [0, 0.05) is 12.1 Å². The number of hydrogen-bond donors (Lipinski definition) is 2. The van der Waals surface area contributed by atoms with E-state index in [4.69, 9.17) is 5.73 Å². The summed E-state index contributed by atoms with van der Waals surface area (Å²) in [5.74, 6) is -2.21. The van der Waals surface area contributed by atoms with Crippen LogP contribution < -0.4 is 11.1 Å². The van der Waals surface area contributed by atoms with E-state index in [9.17, 15) is 14.4 Å². The highest BCUT2D eigenvalue weighted by molar-refractivity contribution is 6.38. The van der Waals surface area contributed by atoms with Gasteiger partial charge in [0.25, 0.3) is 11.8 Å². The minimum absolute atomic E-state index is 0. The van der Waals surface area contributed by atoms with E-state index >= 15 is 0 Å². The molecule has 0 bridgehead atoms. The quantitative estimate of drug-likeness (QED) is 0.397. The average molecular weight is 458 g/mol. The first kappa shape index (κ1) is 27.1. The van der Waals surface area contributed by atoms with Crippen LogP contribution in [0.1, 0.15) is 53.2 Å². The summed E-state index contributed by atoms with van der Waals surface area (Å²) >= 11 is 0. The van der Waals surface area contributed by atoms with E-state index in [1.54, 1.807) is 12.1 Å². The number of unbranched alkanes of at least 4 members (excludes halogenated alkanes) is 1. The number of nitrogens with zero attached hydrogens (tertiary/aromatic N) is 1. The molecule has 172 valence electrons. The third-order valence-corrected chi connectivity index (χ3v) is 4.85. The lowest BCUT2D eigenvalue weighted by Crippen LogP contribution is -2.46. The Labute approximate surface area is 196 Å². The van der Waals surface area contributed by atoms with E-state index in [2.05, 4.69) is 22.3 Å². The Morgan fingerprint density at radius 1 is 1.03 bits per heavy atom. The first-order chi connectivity index (χ1) is 14.8.